The van der Waals surface area contributed by atoms with Gasteiger partial charge in [0.1, 0.15) is 11.4 Å². The van der Waals surface area contributed by atoms with E-state index in [9.17, 15) is 9.18 Å². The number of ether oxygens (including phenoxy) is 1. The van der Waals surface area contributed by atoms with Crippen LogP contribution in [0, 0.1) is 18.3 Å². The first-order valence-electron chi connectivity index (χ1n) is 3.67. The highest BCUT2D eigenvalue weighted by molar-refractivity contribution is 5.94. The van der Waals surface area contributed by atoms with E-state index >= 15 is 0 Å². The van der Waals surface area contributed by atoms with Gasteiger partial charge in [0.15, 0.2) is 6.61 Å². The van der Waals surface area contributed by atoms with E-state index in [0.717, 1.165) is 6.07 Å². The van der Waals surface area contributed by atoms with Crippen molar-refractivity contribution >= 4 is 11.8 Å². The average molecular weight is 194 g/mol. The van der Waals surface area contributed by atoms with Crippen molar-refractivity contribution in [3.63, 3.8) is 0 Å². The van der Waals surface area contributed by atoms with Gasteiger partial charge >= 0.3 is 5.97 Å². The monoisotopic (exact) mass is 194 g/mol. The quantitative estimate of drug-likeness (QED) is 0.425. The molecule has 0 fully saturated rings. The Morgan fingerprint density at radius 1 is 1.71 bits per heavy atom. The number of terminal acetylenes is 1. The second-order valence-corrected chi connectivity index (χ2v) is 2.35. The Balaban J connectivity index is 2.86. The fraction of sp³-hybridized carbons (Fsp3) is 0.111. The van der Waals surface area contributed by atoms with Crippen molar-refractivity contribution in [2.75, 3.05) is 12.3 Å². The lowest BCUT2D eigenvalue weighted by Gasteiger charge is -2.02. The first kappa shape index (κ1) is 9.99. The van der Waals surface area contributed by atoms with Crippen LogP contribution in [-0.4, -0.2) is 17.6 Å². The lowest BCUT2D eigenvalue weighted by atomic mass is 10.2. The Morgan fingerprint density at radius 3 is 3.00 bits per heavy atom. The summed E-state index contributed by atoms with van der Waals surface area (Å²) < 4.78 is 17.1. The molecule has 72 valence electrons. The number of pyridine rings is 1. The highest BCUT2D eigenvalue weighted by atomic mass is 19.1. The maximum atomic E-state index is 12.5. The van der Waals surface area contributed by atoms with E-state index in [0.29, 0.717) is 0 Å². The van der Waals surface area contributed by atoms with Gasteiger partial charge in [0.05, 0.1) is 0 Å². The smallest absolute Gasteiger partial charge is 0.342 e. The minimum atomic E-state index is -0.754. The molecule has 0 unspecified atom stereocenters. The van der Waals surface area contributed by atoms with Gasteiger partial charge in [0, 0.05) is 0 Å². The van der Waals surface area contributed by atoms with Crippen molar-refractivity contribution in [2.45, 2.75) is 0 Å². The molecular weight excluding hydrogens is 187 g/mol. The number of nitrogens with two attached hydrogens (primary N) is 1. The maximum absolute atomic E-state index is 12.5. The minimum absolute atomic E-state index is 0.00153. The lowest BCUT2D eigenvalue weighted by molar-refractivity contribution is 0.0557. The third kappa shape index (κ3) is 2.20. The number of anilines is 1. The molecular formula is C9H7FN2O2. The Morgan fingerprint density at radius 2 is 2.43 bits per heavy atom. The number of nitrogen functional groups attached to an aromatic ring is 1. The van der Waals surface area contributed by atoms with Gasteiger partial charge in [0.2, 0.25) is 5.95 Å². The molecule has 1 aromatic heterocycles. The average Bonchev–Trinajstić information content (AvgIpc) is 2.14. The van der Waals surface area contributed by atoms with Crippen molar-refractivity contribution in [2.24, 2.45) is 0 Å². The standard InChI is InChI=1S/C9H7FN2O2/c1-2-5-14-9(13)6-3-4-7(10)12-8(6)11/h1,3-4H,5H2,(H2,11,12). The van der Waals surface area contributed by atoms with Gasteiger partial charge in [-0.2, -0.15) is 4.39 Å². The molecule has 2 N–H and O–H groups in total. The van der Waals surface area contributed by atoms with Crippen molar-refractivity contribution in [1.29, 1.82) is 0 Å². The van der Waals surface area contributed by atoms with E-state index in [4.69, 9.17) is 12.2 Å². The number of nitrogens with zero attached hydrogens (tertiary/aromatic N) is 1. The molecule has 0 amide bonds. The molecule has 0 spiro atoms. The van der Waals surface area contributed by atoms with E-state index in [1.165, 1.54) is 6.07 Å². The Labute approximate surface area is 79.9 Å². The Hall–Kier alpha value is -2.09. The third-order valence-corrected chi connectivity index (χ3v) is 1.40. The van der Waals surface area contributed by atoms with E-state index < -0.39 is 11.9 Å². The molecule has 0 radical (unpaired) electrons. The molecule has 0 bridgehead atoms. The van der Waals surface area contributed by atoms with Crippen molar-refractivity contribution < 1.29 is 13.9 Å². The largest absolute Gasteiger partial charge is 0.449 e. The van der Waals surface area contributed by atoms with Crippen LogP contribution in [0.2, 0.25) is 0 Å². The lowest BCUT2D eigenvalue weighted by Crippen LogP contribution is -2.10. The summed E-state index contributed by atoms with van der Waals surface area (Å²) in [5.41, 5.74) is 5.29. The number of hydrogen-bond donors (Lipinski definition) is 1. The van der Waals surface area contributed by atoms with Gasteiger partial charge in [-0.05, 0) is 12.1 Å². The number of esters is 1. The van der Waals surface area contributed by atoms with E-state index in [-0.39, 0.29) is 18.0 Å². The zero-order valence-corrected chi connectivity index (χ0v) is 7.16. The molecule has 0 saturated heterocycles. The van der Waals surface area contributed by atoms with E-state index in [2.05, 4.69) is 15.6 Å². The number of aromatic nitrogens is 1. The first-order valence-corrected chi connectivity index (χ1v) is 3.67. The number of carbonyl (C=O) groups excluding carboxylic acids is 1. The SMILES string of the molecule is C#CCOC(=O)c1ccc(F)nc1N. The Bertz CT molecular complexity index is 398. The zero-order chi connectivity index (χ0) is 10.6. The molecule has 0 aromatic carbocycles. The molecule has 14 heavy (non-hydrogen) atoms. The molecule has 0 aliphatic rings. The van der Waals surface area contributed by atoms with Gasteiger partial charge in [-0.1, -0.05) is 5.92 Å². The summed E-state index contributed by atoms with van der Waals surface area (Å²) in [7, 11) is 0. The molecule has 1 aromatic rings. The van der Waals surface area contributed by atoms with Gasteiger partial charge < -0.3 is 10.5 Å². The van der Waals surface area contributed by atoms with Crippen LogP contribution in [0.1, 0.15) is 10.4 Å². The predicted octanol–water partition coefficient (Wildman–Crippen LogP) is 0.593. The Kier molecular flexibility index (Phi) is 3.02. The molecule has 0 aliphatic heterocycles. The van der Waals surface area contributed by atoms with Crippen LogP contribution in [0.4, 0.5) is 10.2 Å². The highest BCUT2D eigenvalue weighted by Crippen LogP contribution is 2.10. The highest BCUT2D eigenvalue weighted by Gasteiger charge is 2.12. The summed E-state index contributed by atoms with van der Waals surface area (Å²) in [6.45, 7) is -0.157. The van der Waals surface area contributed by atoms with Crippen LogP contribution in [0.3, 0.4) is 0 Å². The fourth-order valence-corrected chi connectivity index (χ4v) is 0.808. The molecule has 0 saturated carbocycles. The number of rotatable bonds is 2. The molecule has 4 nitrogen and oxygen atoms in total. The van der Waals surface area contributed by atoms with Crippen LogP contribution in [-0.2, 0) is 4.74 Å². The van der Waals surface area contributed by atoms with Crippen molar-refractivity contribution in [3.05, 3.63) is 23.6 Å². The van der Waals surface area contributed by atoms with Gasteiger partial charge in [-0.3, -0.25) is 0 Å². The molecule has 1 rings (SSSR count). The number of halogens is 1. The summed E-state index contributed by atoms with van der Waals surface area (Å²) in [6, 6.07) is 2.21. The number of carbonyl (C=O) groups is 1. The second kappa shape index (κ2) is 4.23. The summed E-state index contributed by atoms with van der Waals surface area (Å²) >= 11 is 0. The summed E-state index contributed by atoms with van der Waals surface area (Å²) in [5, 5.41) is 0. The number of hydrogen-bond acceptors (Lipinski definition) is 4. The minimum Gasteiger partial charge on any atom is -0.449 e. The van der Waals surface area contributed by atoms with Crippen molar-refractivity contribution in [1.82, 2.24) is 4.98 Å². The third-order valence-electron chi connectivity index (χ3n) is 1.40. The summed E-state index contributed by atoms with van der Waals surface area (Å²) in [4.78, 5) is 14.4. The second-order valence-electron chi connectivity index (χ2n) is 2.35. The molecule has 0 atom stereocenters. The maximum Gasteiger partial charge on any atom is 0.342 e. The topological polar surface area (TPSA) is 65.2 Å². The van der Waals surface area contributed by atoms with Crippen LogP contribution in [0.5, 0.6) is 0 Å². The summed E-state index contributed by atoms with van der Waals surface area (Å²) in [6.07, 6.45) is 4.88. The van der Waals surface area contributed by atoms with E-state index in [1.807, 2.05) is 0 Å². The van der Waals surface area contributed by atoms with Gasteiger partial charge in [0.25, 0.3) is 0 Å². The predicted molar refractivity (Wildman–Crippen MR) is 47.7 cm³/mol. The molecule has 5 heteroatoms. The molecule has 0 aliphatic carbocycles. The normalized spacial score (nSPS) is 9.14. The van der Waals surface area contributed by atoms with E-state index in [1.54, 1.807) is 0 Å². The van der Waals surface area contributed by atoms with Crippen molar-refractivity contribution in [3.8, 4) is 12.3 Å². The van der Waals surface area contributed by atoms with Crippen LogP contribution in [0.15, 0.2) is 12.1 Å². The van der Waals surface area contributed by atoms with Crippen LogP contribution >= 0.6 is 0 Å². The van der Waals surface area contributed by atoms with Crippen LogP contribution in [0.25, 0.3) is 0 Å². The van der Waals surface area contributed by atoms with Crippen LogP contribution < -0.4 is 5.73 Å². The zero-order valence-electron chi connectivity index (χ0n) is 7.16. The van der Waals surface area contributed by atoms with Gasteiger partial charge in [-0.25, -0.2) is 9.78 Å². The van der Waals surface area contributed by atoms with Gasteiger partial charge in [-0.15, -0.1) is 6.42 Å². The summed E-state index contributed by atoms with van der Waals surface area (Å²) in [5.74, 6) is 0.437. The fourth-order valence-electron chi connectivity index (χ4n) is 0.808. The molecule has 1 heterocycles. The first-order chi connectivity index (χ1) is 6.65.